The molecule has 0 heterocycles. The molecule has 2 fully saturated rings. The lowest BCUT2D eigenvalue weighted by Gasteiger charge is -2.41. The molecule has 22 heavy (non-hydrogen) atoms. The first-order valence-corrected chi connectivity index (χ1v) is 7.79. The Labute approximate surface area is 130 Å². The van der Waals surface area contributed by atoms with Crippen molar-refractivity contribution < 1.29 is 19.4 Å². The van der Waals surface area contributed by atoms with Crippen molar-refractivity contribution in [2.24, 2.45) is 16.7 Å². The van der Waals surface area contributed by atoms with Gasteiger partial charge in [0.15, 0.2) is 0 Å². The fourth-order valence-corrected chi connectivity index (χ4v) is 4.57. The van der Waals surface area contributed by atoms with Gasteiger partial charge < -0.3 is 9.84 Å². The van der Waals surface area contributed by atoms with Crippen LogP contribution in [-0.4, -0.2) is 23.1 Å². The number of carboxylic acid groups (broad SMARTS) is 1. The largest absolute Gasteiger partial charge is 0.478 e. The van der Waals surface area contributed by atoms with E-state index >= 15 is 0 Å². The van der Waals surface area contributed by atoms with E-state index in [2.05, 4.69) is 20.8 Å². The van der Waals surface area contributed by atoms with E-state index in [9.17, 15) is 14.7 Å². The summed E-state index contributed by atoms with van der Waals surface area (Å²) in [6.07, 6.45) is 3.18. The van der Waals surface area contributed by atoms with E-state index in [1.54, 1.807) is 12.1 Å². The number of hydrogen-bond acceptors (Lipinski definition) is 3. The van der Waals surface area contributed by atoms with Gasteiger partial charge in [-0.1, -0.05) is 32.9 Å². The van der Waals surface area contributed by atoms with Gasteiger partial charge in [-0.3, -0.25) is 0 Å². The van der Waals surface area contributed by atoms with Gasteiger partial charge in [-0.2, -0.15) is 0 Å². The third kappa shape index (κ3) is 2.13. The van der Waals surface area contributed by atoms with Gasteiger partial charge in [0, 0.05) is 10.8 Å². The lowest BCUT2D eigenvalue weighted by atomic mass is 9.70. The van der Waals surface area contributed by atoms with Crippen LogP contribution < -0.4 is 0 Å². The molecule has 2 saturated carbocycles. The molecule has 1 aromatic carbocycles. The lowest BCUT2D eigenvalue weighted by molar-refractivity contribution is -0.0585. The number of carbonyl (C=O) groups excluding carboxylic acids is 1. The highest BCUT2D eigenvalue weighted by molar-refractivity contribution is 6.02. The van der Waals surface area contributed by atoms with Crippen molar-refractivity contribution in [3.05, 3.63) is 35.4 Å². The fourth-order valence-electron chi connectivity index (χ4n) is 4.57. The first-order chi connectivity index (χ1) is 10.3. The zero-order valence-electron chi connectivity index (χ0n) is 13.3. The smallest absolute Gasteiger partial charge is 0.339 e. The maximum Gasteiger partial charge on any atom is 0.339 e. The minimum Gasteiger partial charge on any atom is -0.478 e. The van der Waals surface area contributed by atoms with E-state index in [0.717, 1.165) is 12.8 Å². The molecule has 0 aromatic heterocycles. The number of esters is 1. The van der Waals surface area contributed by atoms with Gasteiger partial charge in [-0.25, -0.2) is 9.59 Å². The molecule has 118 valence electrons. The molecule has 0 amide bonds. The molecule has 1 aromatic rings. The highest BCUT2D eigenvalue weighted by Crippen LogP contribution is 2.63. The number of benzene rings is 1. The van der Waals surface area contributed by atoms with Crippen LogP contribution in [0.5, 0.6) is 0 Å². The second-order valence-corrected chi connectivity index (χ2v) is 7.55. The predicted octanol–water partition coefficient (Wildman–Crippen LogP) is 3.76. The van der Waals surface area contributed by atoms with Gasteiger partial charge >= 0.3 is 11.9 Å². The maximum atomic E-state index is 12.5. The molecule has 1 N–H and O–H groups in total. The number of ether oxygens (including phenoxy) is 1. The van der Waals surface area contributed by atoms with Crippen LogP contribution in [0, 0.1) is 16.7 Å². The Hall–Kier alpha value is -1.84. The maximum absolute atomic E-state index is 12.5. The molecule has 2 aliphatic rings. The number of carboxylic acids is 1. The Morgan fingerprint density at radius 3 is 2.36 bits per heavy atom. The third-order valence-corrected chi connectivity index (χ3v) is 5.74. The van der Waals surface area contributed by atoms with Gasteiger partial charge in [-0.15, -0.1) is 0 Å². The topological polar surface area (TPSA) is 63.6 Å². The van der Waals surface area contributed by atoms with Crippen molar-refractivity contribution in [2.45, 2.75) is 46.1 Å². The van der Waals surface area contributed by atoms with Crippen molar-refractivity contribution in [1.82, 2.24) is 0 Å². The minimum atomic E-state index is -1.11. The standard InChI is InChI=1S/C18H22O4/c1-17(2)11-8-9-18(3,10-11)16(17)22-15(21)13-7-5-4-6-12(13)14(19)20/h4-7,11,16H,8-10H2,1-3H3,(H,19,20)/t11-,16+,18-/m0/s1. The van der Waals surface area contributed by atoms with Crippen LogP contribution in [0.4, 0.5) is 0 Å². The molecule has 4 heteroatoms. The molecular formula is C18H22O4. The molecule has 0 aliphatic heterocycles. The van der Waals surface area contributed by atoms with Crippen molar-refractivity contribution in [3.63, 3.8) is 0 Å². The summed E-state index contributed by atoms with van der Waals surface area (Å²) in [4.78, 5) is 23.8. The SMILES string of the molecule is CC1(C)[C@H]2CC[C@@](C)(C2)[C@@H]1OC(=O)c1ccccc1C(=O)O. The second-order valence-electron chi connectivity index (χ2n) is 7.55. The summed E-state index contributed by atoms with van der Waals surface area (Å²) >= 11 is 0. The Morgan fingerprint density at radius 2 is 1.82 bits per heavy atom. The highest BCUT2D eigenvalue weighted by Gasteiger charge is 2.61. The number of aromatic carboxylic acids is 1. The van der Waals surface area contributed by atoms with Crippen LogP contribution in [0.25, 0.3) is 0 Å². The van der Waals surface area contributed by atoms with Gasteiger partial charge in [0.05, 0.1) is 11.1 Å². The Bertz CT molecular complexity index is 629. The summed E-state index contributed by atoms with van der Waals surface area (Å²) in [5, 5.41) is 9.23. The normalized spacial score (nSPS) is 32.0. The highest BCUT2D eigenvalue weighted by atomic mass is 16.5. The van der Waals surface area contributed by atoms with Gasteiger partial charge in [-0.05, 0) is 37.3 Å². The van der Waals surface area contributed by atoms with E-state index < -0.39 is 11.9 Å². The molecule has 0 unspecified atom stereocenters. The summed E-state index contributed by atoms with van der Waals surface area (Å²) in [5.74, 6) is -1.05. The number of fused-ring (bicyclic) bond motifs is 2. The molecule has 0 radical (unpaired) electrons. The molecule has 3 atom stereocenters. The second kappa shape index (κ2) is 4.83. The van der Waals surface area contributed by atoms with E-state index in [1.807, 2.05) is 0 Å². The average molecular weight is 302 g/mol. The summed E-state index contributed by atoms with van der Waals surface area (Å²) < 4.78 is 5.84. The van der Waals surface area contributed by atoms with Gasteiger partial charge in [0.2, 0.25) is 0 Å². The van der Waals surface area contributed by atoms with E-state index in [4.69, 9.17) is 4.74 Å². The van der Waals surface area contributed by atoms with Crippen LogP contribution in [0.2, 0.25) is 0 Å². The predicted molar refractivity (Wildman–Crippen MR) is 81.8 cm³/mol. The Balaban J connectivity index is 1.88. The summed E-state index contributed by atoms with van der Waals surface area (Å²) in [5.41, 5.74) is 0.0961. The Kier molecular flexibility index (Phi) is 3.31. The van der Waals surface area contributed by atoms with Gasteiger partial charge in [0.25, 0.3) is 0 Å². The summed E-state index contributed by atoms with van der Waals surface area (Å²) in [6.45, 7) is 6.50. The molecule has 2 aliphatic carbocycles. The minimum absolute atomic E-state index is 0.00128. The first-order valence-electron chi connectivity index (χ1n) is 7.79. The van der Waals surface area contributed by atoms with Crippen molar-refractivity contribution in [2.75, 3.05) is 0 Å². The van der Waals surface area contributed by atoms with Crippen LogP contribution in [-0.2, 0) is 4.74 Å². The zero-order valence-corrected chi connectivity index (χ0v) is 13.3. The molecule has 2 bridgehead atoms. The lowest BCUT2D eigenvalue weighted by Crippen LogP contribution is -2.43. The van der Waals surface area contributed by atoms with E-state index in [0.29, 0.717) is 5.92 Å². The van der Waals surface area contributed by atoms with Crippen LogP contribution in [0.1, 0.15) is 60.7 Å². The number of carbonyl (C=O) groups is 2. The van der Waals surface area contributed by atoms with Crippen molar-refractivity contribution >= 4 is 11.9 Å². The van der Waals surface area contributed by atoms with E-state index in [-0.39, 0.29) is 28.1 Å². The summed E-state index contributed by atoms with van der Waals surface area (Å²) in [6, 6.07) is 6.24. The molecule has 3 rings (SSSR count). The fraction of sp³-hybridized carbons (Fsp3) is 0.556. The average Bonchev–Trinajstić information content (AvgIpc) is 2.94. The van der Waals surface area contributed by atoms with Crippen LogP contribution in [0.15, 0.2) is 24.3 Å². The molecular weight excluding hydrogens is 280 g/mol. The first kappa shape index (κ1) is 15.1. The van der Waals surface area contributed by atoms with Crippen molar-refractivity contribution in [3.8, 4) is 0 Å². The molecule has 0 spiro atoms. The van der Waals surface area contributed by atoms with E-state index in [1.165, 1.54) is 18.6 Å². The quantitative estimate of drug-likeness (QED) is 0.864. The van der Waals surface area contributed by atoms with Gasteiger partial charge in [0.1, 0.15) is 6.10 Å². The third-order valence-electron chi connectivity index (χ3n) is 5.74. The number of rotatable bonds is 3. The Morgan fingerprint density at radius 1 is 1.18 bits per heavy atom. The van der Waals surface area contributed by atoms with Crippen molar-refractivity contribution in [1.29, 1.82) is 0 Å². The molecule has 4 nitrogen and oxygen atoms in total. The monoisotopic (exact) mass is 302 g/mol. The van der Waals surface area contributed by atoms with Crippen LogP contribution in [0.3, 0.4) is 0 Å². The molecule has 0 saturated heterocycles. The number of hydrogen-bond donors (Lipinski definition) is 1. The zero-order chi connectivity index (χ0) is 16.1. The summed E-state index contributed by atoms with van der Waals surface area (Å²) in [7, 11) is 0. The van der Waals surface area contributed by atoms with Crippen LogP contribution >= 0.6 is 0 Å².